The van der Waals surface area contributed by atoms with Crippen LogP contribution in [-0.2, 0) is 11.8 Å². The van der Waals surface area contributed by atoms with Crippen molar-refractivity contribution in [2.75, 3.05) is 0 Å². The molecule has 1 aliphatic rings. The van der Waals surface area contributed by atoms with E-state index in [2.05, 4.69) is 10.4 Å². The lowest BCUT2D eigenvalue weighted by atomic mass is 10.2. The van der Waals surface area contributed by atoms with Crippen LogP contribution in [0.1, 0.15) is 19.8 Å². The first-order chi connectivity index (χ1) is 9.15. The van der Waals surface area contributed by atoms with Crippen molar-refractivity contribution >= 4 is 16.8 Å². The van der Waals surface area contributed by atoms with Crippen LogP contribution in [0.3, 0.4) is 0 Å². The smallest absolute Gasteiger partial charge is 0.261 e. The van der Waals surface area contributed by atoms with Crippen LogP contribution in [0.4, 0.5) is 0 Å². The molecule has 0 aliphatic heterocycles. The van der Waals surface area contributed by atoms with Crippen LogP contribution in [-0.4, -0.2) is 27.8 Å². The molecule has 1 atom stereocenters. The van der Waals surface area contributed by atoms with Gasteiger partial charge < -0.3 is 10.1 Å². The molecule has 3 rings (SSSR count). The van der Waals surface area contributed by atoms with Crippen molar-refractivity contribution in [1.29, 1.82) is 0 Å². The minimum Gasteiger partial charge on any atom is -0.463 e. The Balaban J connectivity index is 1.78. The Bertz CT molecular complexity index is 616. The fourth-order valence-electron chi connectivity index (χ4n) is 2.03. The average Bonchev–Trinajstić information content (AvgIpc) is 3.16. The Morgan fingerprint density at radius 2 is 2.21 bits per heavy atom. The van der Waals surface area contributed by atoms with Gasteiger partial charge in [-0.05, 0) is 31.9 Å². The topological polar surface area (TPSA) is 56.2 Å². The molecule has 0 unspecified atom stereocenters. The van der Waals surface area contributed by atoms with Gasteiger partial charge in [-0.2, -0.15) is 0 Å². The van der Waals surface area contributed by atoms with E-state index in [1.54, 1.807) is 11.6 Å². The maximum absolute atomic E-state index is 11.9. The summed E-state index contributed by atoms with van der Waals surface area (Å²) in [4.78, 5) is 11.9. The first kappa shape index (κ1) is 12.0. The summed E-state index contributed by atoms with van der Waals surface area (Å²) in [7, 11) is 1.87. The fourth-order valence-corrected chi connectivity index (χ4v) is 2.03. The lowest BCUT2D eigenvalue weighted by Crippen LogP contribution is -2.37. The molecule has 1 heterocycles. The third-order valence-corrected chi connectivity index (χ3v) is 3.31. The van der Waals surface area contributed by atoms with E-state index in [1.807, 2.05) is 31.3 Å². The number of ether oxygens (including phenoxy) is 1. The van der Waals surface area contributed by atoms with Gasteiger partial charge in [0, 0.05) is 13.1 Å². The zero-order valence-corrected chi connectivity index (χ0v) is 11.1. The number of carbonyl (C=O) groups is 1. The molecule has 1 aliphatic carbocycles. The van der Waals surface area contributed by atoms with Crippen LogP contribution in [0.2, 0.25) is 0 Å². The third-order valence-electron chi connectivity index (χ3n) is 3.31. The fraction of sp³-hybridized carbons (Fsp3) is 0.429. The number of hydrogen-bond acceptors (Lipinski definition) is 3. The number of rotatable bonds is 4. The number of para-hydroxylation sites is 1. The van der Waals surface area contributed by atoms with Crippen molar-refractivity contribution in [3.8, 4) is 5.88 Å². The molecule has 1 saturated carbocycles. The monoisotopic (exact) mass is 259 g/mol. The van der Waals surface area contributed by atoms with Crippen molar-refractivity contribution in [3.05, 3.63) is 24.3 Å². The van der Waals surface area contributed by atoms with E-state index in [1.165, 1.54) is 0 Å². The highest BCUT2D eigenvalue weighted by Crippen LogP contribution is 2.25. The Morgan fingerprint density at radius 1 is 1.47 bits per heavy atom. The van der Waals surface area contributed by atoms with E-state index >= 15 is 0 Å². The molecular formula is C14H17N3O2. The average molecular weight is 259 g/mol. The van der Waals surface area contributed by atoms with Gasteiger partial charge in [0.1, 0.15) is 0 Å². The summed E-state index contributed by atoms with van der Waals surface area (Å²) in [6.45, 7) is 1.75. The third kappa shape index (κ3) is 2.41. The van der Waals surface area contributed by atoms with E-state index in [-0.39, 0.29) is 5.91 Å². The number of carbonyl (C=O) groups excluding carboxylic acids is 1. The highest BCUT2D eigenvalue weighted by molar-refractivity contribution is 5.86. The van der Waals surface area contributed by atoms with E-state index in [4.69, 9.17) is 4.74 Å². The lowest BCUT2D eigenvalue weighted by molar-refractivity contribution is -0.127. The number of hydrogen-bond donors (Lipinski definition) is 1. The van der Waals surface area contributed by atoms with E-state index in [0.29, 0.717) is 11.9 Å². The molecule has 0 bridgehead atoms. The number of aryl methyl sites for hydroxylation is 1. The second-order valence-corrected chi connectivity index (χ2v) is 4.99. The molecule has 1 aromatic heterocycles. The molecule has 1 aromatic carbocycles. The highest BCUT2D eigenvalue weighted by Gasteiger charge is 2.27. The van der Waals surface area contributed by atoms with Crippen molar-refractivity contribution in [1.82, 2.24) is 15.1 Å². The molecule has 1 N–H and O–H groups in total. The van der Waals surface area contributed by atoms with Crippen molar-refractivity contribution in [3.63, 3.8) is 0 Å². The molecule has 0 radical (unpaired) electrons. The predicted octanol–water partition coefficient (Wildman–Crippen LogP) is 1.62. The van der Waals surface area contributed by atoms with Gasteiger partial charge in [0.05, 0.1) is 10.9 Å². The van der Waals surface area contributed by atoms with E-state index in [9.17, 15) is 4.79 Å². The normalized spacial score (nSPS) is 16.3. The highest BCUT2D eigenvalue weighted by atomic mass is 16.5. The maximum atomic E-state index is 11.9. The van der Waals surface area contributed by atoms with Gasteiger partial charge in [-0.3, -0.25) is 9.48 Å². The molecular weight excluding hydrogens is 242 g/mol. The molecule has 0 spiro atoms. The quantitative estimate of drug-likeness (QED) is 0.907. The van der Waals surface area contributed by atoms with Crippen LogP contribution in [0.15, 0.2) is 24.3 Å². The largest absolute Gasteiger partial charge is 0.463 e. The molecule has 0 saturated heterocycles. The summed E-state index contributed by atoms with van der Waals surface area (Å²) in [5, 5.41) is 8.18. The molecule has 5 heteroatoms. The first-order valence-corrected chi connectivity index (χ1v) is 6.54. The minimum atomic E-state index is -0.529. The van der Waals surface area contributed by atoms with Crippen LogP contribution >= 0.6 is 0 Å². The Hall–Kier alpha value is -2.04. The van der Waals surface area contributed by atoms with Gasteiger partial charge in [-0.15, -0.1) is 5.10 Å². The summed E-state index contributed by atoms with van der Waals surface area (Å²) in [6, 6.07) is 8.16. The van der Waals surface area contributed by atoms with Crippen LogP contribution in [0, 0.1) is 0 Å². The molecule has 19 heavy (non-hydrogen) atoms. The second kappa shape index (κ2) is 4.57. The molecule has 100 valence electrons. The van der Waals surface area contributed by atoms with Crippen LogP contribution in [0.5, 0.6) is 5.88 Å². The van der Waals surface area contributed by atoms with Crippen molar-refractivity contribution in [2.24, 2.45) is 7.05 Å². The van der Waals surface area contributed by atoms with Crippen molar-refractivity contribution < 1.29 is 9.53 Å². The van der Waals surface area contributed by atoms with Gasteiger partial charge in [0.15, 0.2) is 6.10 Å². The van der Waals surface area contributed by atoms with Crippen molar-refractivity contribution in [2.45, 2.75) is 31.9 Å². The predicted molar refractivity (Wildman–Crippen MR) is 72.0 cm³/mol. The zero-order valence-electron chi connectivity index (χ0n) is 11.1. The lowest BCUT2D eigenvalue weighted by Gasteiger charge is -2.12. The van der Waals surface area contributed by atoms with E-state index in [0.717, 1.165) is 23.7 Å². The minimum absolute atomic E-state index is 0.0720. The first-order valence-electron chi connectivity index (χ1n) is 6.54. The van der Waals surface area contributed by atoms with Crippen LogP contribution in [0.25, 0.3) is 10.9 Å². The summed E-state index contributed by atoms with van der Waals surface area (Å²) < 4.78 is 7.46. The van der Waals surface area contributed by atoms with Gasteiger partial charge in [0.25, 0.3) is 5.91 Å². The van der Waals surface area contributed by atoms with Gasteiger partial charge >= 0.3 is 0 Å². The van der Waals surface area contributed by atoms with E-state index < -0.39 is 6.10 Å². The molecule has 5 nitrogen and oxygen atoms in total. The number of benzene rings is 1. The maximum Gasteiger partial charge on any atom is 0.261 e. The Kier molecular flexibility index (Phi) is 2.89. The van der Waals surface area contributed by atoms with Gasteiger partial charge in [-0.1, -0.05) is 12.1 Å². The van der Waals surface area contributed by atoms with Crippen LogP contribution < -0.4 is 10.1 Å². The second-order valence-electron chi connectivity index (χ2n) is 4.99. The molecule has 2 aromatic rings. The van der Waals surface area contributed by atoms with Gasteiger partial charge in [0.2, 0.25) is 5.88 Å². The molecule has 1 fully saturated rings. The zero-order chi connectivity index (χ0) is 13.4. The number of nitrogens with one attached hydrogen (secondary N) is 1. The Morgan fingerprint density at radius 3 is 2.95 bits per heavy atom. The summed E-state index contributed by atoms with van der Waals surface area (Å²) >= 11 is 0. The number of aromatic nitrogens is 2. The molecule has 1 amide bonds. The Labute approximate surface area is 111 Å². The number of amides is 1. The summed E-state index contributed by atoms with van der Waals surface area (Å²) in [5.74, 6) is 0.439. The SMILES string of the molecule is C[C@H](Oc1nn(C)c2ccccc12)C(=O)NC1CC1. The van der Waals surface area contributed by atoms with Gasteiger partial charge in [-0.25, -0.2) is 0 Å². The summed E-state index contributed by atoms with van der Waals surface area (Å²) in [6.07, 6.45) is 1.62. The summed E-state index contributed by atoms with van der Waals surface area (Å²) in [5.41, 5.74) is 0.993. The standard InChI is InChI=1S/C14H17N3O2/c1-9(13(18)15-10-7-8-10)19-14-11-5-3-4-6-12(11)17(2)16-14/h3-6,9-10H,7-8H2,1-2H3,(H,15,18)/t9-/m0/s1. The number of nitrogens with zero attached hydrogens (tertiary/aromatic N) is 2. The number of fused-ring (bicyclic) bond motifs is 1.